The summed E-state index contributed by atoms with van der Waals surface area (Å²) in [6, 6.07) is 4.10. The first-order valence-corrected chi connectivity index (χ1v) is 4.99. The van der Waals surface area contributed by atoms with Gasteiger partial charge in [0.15, 0.2) is 5.65 Å². The van der Waals surface area contributed by atoms with E-state index >= 15 is 0 Å². The van der Waals surface area contributed by atoms with Crippen LogP contribution in [0.2, 0.25) is 0 Å². The van der Waals surface area contributed by atoms with Crippen LogP contribution in [0.4, 0.5) is 5.82 Å². The van der Waals surface area contributed by atoms with Gasteiger partial charge in [0.05, 0.1) is 12.1 Å². The van der Waals surface area contributed by atoms with E-state index in [1.807, 2.05) is 6.07 Å². The highest BCUT2D eigenvalue weighted by atomic mass is 15.0. The summed E-state index contributed by atoms with van der Waals surface area (Å²) in [5, 5.41) is 3.28. The Morgan fingerprint density at radius 3 is 2.93 bits per heavy atom. The third-order valence-electron chi connectivity index (χ3n) is 2.09. The lowest BCUT2D eigenvalue weighted by Gasteiger charge is -2.04. The maximum absolute atomic E-state index is 5.57. The number of aromatic amines is 1. The van der Waals surface area contributed by atoms with E-state index < -0.39 is 0 Å². The molecule has 80 valence electrons. The summed E-state index contributed by atoms with van der Waals surface area (Å²) in [5.41, 5.74) is 7.17. The van der Waals surface area contributed by atoms with Crippen LogP contribution >= 0.6 is 0 Å². The molecule has 2 aromatic rings. The molecule has 0 aliphatic carbocycles. The third-order valence-corrected chi connectivity index (χ3v) is 2.09. The zero-order valence-corrected chi connectivity index (χ0v) is 8.91. The number of aromatic nitrogens is 3. The van der Waals surface area contributed by atoms with Gasteiger partial charge in [-0.1, -0.05) is 13.8 Å². The SMILES string of the molecule is CC(C)NCc1nc2nc(N)ccc2[nH]1. The fourth-order valence-corrected chi connectivity index (χ4v) is 1.34. The molecule has 0 spiro atoms. The third kappa shape index (κ3) is 2.24. The zero-order valence-electron chi connectivity index (χ0n) is 8.91. The summed E-state index contributed by atoms with van der Waals surface area (Å²) in [4.78, 5) is 11.7. The van der Waals surface area contributed by atoms with E-state index in [2.05, 4.69) is 34.1 Å². The molecule has 2 rings (SSSR count). The van der Waals surface area contributed by atoms with E-state index in [1.54, 1.807) is 6.07 Å². The van der Waals surface area contributed by atoms with Crippen molar-refractivity contribution in [1.82, 2.24) is 20.3 Å². The van der Waals surface area contributed by atoms with E-state index in [4.69, 9.17) is 5.73 Å². The molecule has 5 nitrogen and oxygen atoms in total. The quantitative estimate of drug-likeness (QED) is 0.699. The van der Waals surface area contributed by atoms with E-state index in [1.165, 1.54) is 0 Å². The molecule has 0 saturated carbocycles. The highest BCUT2D eigenvalue weighted by molar-refractivity contribution is 5.72. The van der Waals surface area contributed by atoms with Crippen LogP contribution in [-0.4, -0.2) is 21.0 Å². The zero-order chi connectivity index (χ0) is 10.8. The van der Waals surface area contributed by atoms with Crippen molar-refractivity contribution in [2.75, 3.05) is 5.73 Å². The predicted octanol–water partition coefficient (Wildman–Crippen LogP) is 1.04. The average molecular weight is 205 g/mol. The summed E-state index contributed by atoms with van der Waals surface area (Å²) in [6.07, 6.45) is 0. The van der Waals surface area contributed by atoms with Gasteiger partial charge in [-0.2, -0.15) is 0 Å². The van der Waals surface area contributed by atoms with Crippen LogP contribution in [-0.2, 0) is 6.54 Å². The molecule has 0 fully saturated rings. The highest BCUT2D eigenvalue weighted by Crippen LogP contribution is 2.10. The number of imidazole rings is 1. The number of rotatable bonds is 3. The van der Waals surface area contributed by atoms with Gasteiger partial charge in [0.2, 0.25) is 0 Å². The van der Waals surface area contributed by atoms with Gasteiger partial charge in [-0.25, -0.2) is 9.97 Å². The van der Waals surface area contributed by atoms with Gasteiger partial charge in [0.1, 0.15) is 11.6 Å². The molecule has 0 atom stereocenters. The van der Waals surface area contributed by atoms with Crippen molar-refractivity contribution in [1.29, 1.82) is 0 Å². The first-order valence-electron chi connectivity index (χ1n) is 4.99. The van der Waals surface area contributed by atoms with Crippen LogP contribution < -0.4 is 11.1 Å². The summed E-state index contributed by atoms with van der Waals surface area (Å²) in [5.74, 6) is 1.38. The molecular formula is C10H15N5. The molecule has 15 heavy (non-hydrogen) atoms. The van der Waals surface area contributed by atoms with E-state index in [0.717, 1.165) is 11.3 Å². The fraction of sp³-hybridized carbons (Fsp3) is 0.400. The number of nitrogens with two attached hydrogens (primary N) is 1. The van der Waals surface area contributed by atoms with E-state index in [-0.39, 0.29) is 0 Å². The number of nitrogens with one attached hydrogen (secondary N) is 2. The minimum absolute atomic E-state index is 0.441. The number of H-pyrrole nitrogens is 1. The minimum atomic E-state index is 0.441. The Bertz CT molecular complexity index is 460. The second kappa shape index (κ2) is 3.86. The van der Waals surface area contributed by atoms with E-state index in [0.29, 0.717) is 24.1 Å². The Morgan fingerprint density at radius 1 is 1.40 bits per heavy atom. The molecule has 5 heteroatoms. The van der Waals surface area contributed by atoms with Gasteiger partial charge in [-0.15, -0.1) is 0 Å². The molecule has 0 bridgehead atoms. The summed E-state index contributed by atoms with van der Waals surface area (Å²) < 4.78 is 0. The van der Waals surface area contributed by atoms with Crippen molar-refractivity contribution in [2.24, 2.45) is 0 Å². The van der Waals surface area contributed by atoms with Crippen molar-refractivity contribution in [2.45, 2.75) is 26.4 Å². The lowest BCUT2D eigenvalue weighted by Crippen LogP contribution is -2.22. The van der Waals surface area contributed by atoms with Crippen molar-refractivity contribution >= 4 is 17.0 Å². The molecule has 2 aromatic heterocycles. The number of hydrogen-bond donors (Lipinski definition) is 3. The highest BCUT2D eigenvalue weighted by Gasteiger charge is 2.04. The molecular weight excluding hydrogens is 190 g/mol. The van der Waals surface area contributed by atoms with Crippen molar-refractivity contribution in [3.63, 3.8) is 0 Å². The van der Waals surface area contributed by atoms with Crippen LogP contribution in [0.15, 0.2) is 12.1 Å². The van der Waals surface area contributed by atoms with Crippen molar-refractivity contribution in [3.05, 3.63) is 18.0 Å². The monoisotopic (exact) mass is 205 g/mol. The topological polar surface area (TPSA) is 79.6 Å². The van der Waals surface area contributed by atoms with Crippen molar-refractivity contribution in [3.8, 4) is 0 Å². The van der Waals surface area contributed by atoms with Gasteiger partial charge < -0.3 is 16.0 Å². The van der Waals surface area contributed by atoms with Gasteiger partial charge in [-0.3, -0.25) is 0 Å². The van der Waals surface area contributed by atoms with Gasteiger partial charge >= 0.3 is 0 Å². The Hall–Kier alpha value is -1.62. The molecule has 0 aromatic carbocycles. The van der Waals surface area contributed by atoms with Crippen LogP contribution in [0.5, 0.6) is 0 Å². The smallest absolute Gasteiger partial charge is 0.179 e. The standard InChI is InChI=1S/C10H15N5/c1-6(2)12-5-9-13-7-3-4-8(11)14-10(7)15-9/h3-4,6,12H,5H2,1-2H3,(H3,11,13,14,15). The first-order chi connectivity index (χ1) is 7.15. The second-order valence-electron chi connectivity index (χ2n) is 3.83. The van der Waals surface area contributed by atoms with Crippen LogP contribution in [0.1, 0.15) is 19.7 Å². The number of anilines is 1. The maximum atomic E-state index is 5.57. The Balaban J connectivity index is 2.23. The summed E-state index contributed by atoms with van der Waals surface area (Å²) in [6.45, 7) is 4.91. The molecule has 4 N–H and O–H groups in total. The van der Waals surface area contributed by atoms with Gasteiger partial charge in [0.25, 0.3) is 0 Å². The molecule has 0 amide bonds. The number of fused-ring (bicyclic) bond motifs is 1. The van der Waals surface area contributed by atoms with E-state index in [9.17, 15) is 0 Å². The van der Waals surface area contributed by atoms with Crippen LogP contribution in [0.3, 0.4) is 0 Å². The summed E-state index contributed by atoms with van der Waals surface area (Å²) >= 11 is 0. The Morgan fingerprint density at radius 2 is 2.20 bits per heavy atom. The Kier molecular flexibility index (Phi) is 2.55. The summed E-state index contributed by atoms with van der Waals surface area (Å²) in [7, 11) is 0. The van der Waals surface area contributed by atoms with Crippen molar-refractivity contribution < 1.29 is 0 Å². The first kappa shape index (κ1) is 9.92. The average Bonchev–Trinajstić information content (AvgIpc) is 2.56. The number of pyridine rings is 1. The fourth-order valence-electron chi connectivity index (χ4n) is 1.34. The molecule has 0 aliphatic heterocycles. The molecule has 0 aliphatic rings. The minimum Gasteiger partial charge on any atom is -0.384 e. The lowest BCUT2D eigenvalue weighted by atomic mass is 10.4. The van der Waals surface area contributed by atoms with Crippen LogP contribution in [0, 0.1) is 0 Å². The Labute approximate surface area is 88.1 Å². The molecule has 0 radical (unpaired) electrons. The molecule has 2 heterocycles. The normalized spacial score (nSPS) is 11.4. The maximum Gasteiger partial charge on any atom is 0.179 e. The number of nitrogen functional groups attached to an aromatic ring is 1. The molecule has 0 unspecified atom stereocenters. The van der Waals surface area contributed by atoms with Crippen LogP contribution in [0.25, 0.3) is 11.2 Å². The number of nitrogens with zero attached hydrogens (tertiary/aromatic N) is 2. The number of hydrogen-bond acceptors (Lipinski definition) is 4. The lowest BCUT2D eigenvalue weighted by molar-refractivity contribution is 0.576. The van der Waals surface area contributed by atoms with Gasteiger partial charge in [0, 0.05) is 6.04 Å². The predicted molar refractivity (Wildman–Crippen MR) is 60.3 cm³/mol. The largest absolute Gasteiger partial charge is 0.384 e. The second-order valence-corrected chi connectivity index (χ2v) is 3.83. The van der Waals surface area contributed by atoms with Gasteiger partial charge in [-0.05, 0) is 12.1 Å². The molecule has 0 saturated heterocycles.